The molecule has 0 amide bonds. The van der Waals surface area contributed by atoms with Gasteiger partial charge in [0.25, 0.3) is 0 Å². The van der Waals surface area contributed by atoms with E-state index in [0.717, 1.165) is 12.2 Å². The van der Waals surface area contributed by atoms with Gasteiger partial charge >= 0.3 is 11.9 Å². The van der Waals surface area contributed by atoms with Crippen molar-refractivity contribution >= 4 is 11.9 Å². The van der Waals surface area contributed by atoms with Crippen molar-refractivity contribution in [1.82, 2.24) is 0 Å². The van der Waals surface area contributed by atoms with E-state index < -0.39 is 11.9 Å². The van der Waals surface area contributed by atoms with Crippen LogP contribution < -0.4 is 0 Å². The molecule has 0 saturated carbocycles. The minimum Gasteiger partial charge on any atom is -0.460 e. The van der Waals surface area contributed by atoms with E-state index >= 15 is 0 Å². The molecule has 0 aliphatic heterocycles. The number of carbonyl (C=O) groups is 2. The summed E-state index contributed by atoms with van der Waals surface area (Å²) >= 11 is 0. The van der Waals surface area contributed by atoms with Crippen LogP contribution in [-0.2, 0) is 47.5 Å². The first-order valence-corrected chi connectivity index (χ1v) is 9.75. The summed E-state index contributed by atoms with van der Waals surface area (Å²) in [5.41, 5.74) is 0. The molecule has 0 aromatic carbocycles. The molecule has 0 spiro atoms. The van der Waals surface area contributed by atoms with Gasteiger partial charge in [0.1, 0.15) is 13.2 Å². The van der Waals surface area contributed by atoms with Crippen molar-refractivity contribution in [2.45, 2.75) is 0 Å². The molecule has 10 heteroatoms. The molecule has 0 heterocycles. The molecular formula is C20H34O10. The van der Waals surface area contributed by atoms with Crippen LogP contribution in [0.15, 0.2) is 25.3 Å². The molecule has 0 bridgehead atoms. The van der Waals surface area contributed by atoms with Crippen molar-refractivity contribution in [1.29, 1.82) is 0 Å². The van der Waals surface area contributed by atoms with E-state index in [2.05, 4.69) is 13.2 Å². The third-order valence-corrected chi connectivity index (χ3v) is 3.14. The molecule has 0 N–H and O–H groups in total. The van der Waals surface area contributed by atoms with Crippen molar-refractivity contribution in [3.63, 3.8) is 0 Å². The second-order valence-electron chi connectivity index (χ2n) is 5.42. The highest BCUT2D eigenvalue weighted by atomic mass is 16.6. The zero-order valence-electron chi connectivity index (χ0n) is 17.6. The molecule has 0 aliphatic carbocycles. The topological polar surface area (TPSA) is 108 Å². The van der Waals surface area contributed by atoms with Crippen molar-refractivity contribution < 1.29 is 47.5 Å². The Balaban J connectivity index is 3.06. The van der Waals surface area contributed by atoms with E-state index in [9.17, 15) is 9.59 Å². The standard InChI is InChI=1S/C20H34O10/c1-3-19(21)29-17-15-27-13-11-25-9-7-23-5-6-24-8-10-26-12-14-28-16-18-30-20(22)4-2/h3-4H,1-2,5-18H2. The lowest BCUT2D eigenvalue weighted by molar-refractivity contribution is -0.140. The lowest BCUT2D eigenvalue weighted by Gasteiger charge is -2.08. The number of rotatable bonds is 23. The molecule has 0 aliphatic rings. The van der Waals surface area contributed by atoms with Crippen LogP contribution in [0.5, 0.6) is 0 Å². The van der Waals surface area contributed by atoms with Gasteiger partial charge in [-0.2, -0.15) is 0 Å². The minimum atomic E-state index is -0.462. The van der Waals surface area contributed by atoms with Crippen molar-refractivity contribution in [2.24, 2.45) is 0 Å². The zero-order chi connectivity index (χ0) is 22.1. The van der Waals surface area contributed by atoms with Gasteiger partial charge in [0.05, 0.1) is 79.3 Å². The first-order chi connectivity index (χ1) is 14.7. The summed E-state index contributed by atoms with van der Waals surface area (Å²) in [5.74, 6) is -0.925. The maximum absolute atomic E-state index is 10.8. The smallest absolute Gasteiger partial charge is 0.330 e. The first-order valence-electron chi connectivity index (χ1n) is 9.75. The summed E-state index contributed by atoms with van der Waals surface area (Å²) in [4.78, 5) is 21.5. The molecule has 0 atom stereocenters. The summed E-state index contributed by atoms with van der Waals surface area (Å²) in [6, 6.07) is 0. The third-order valence-electron chi connectivity index (χ3n) is 3.14. The second-order valence-corrected chi connectivity index (χ2v) is 5.42. The van der Waals surface area contributed by atoms with Crippen LogP contribution in [0.25, 0.3) is 0 Å². The predicted octanol–water partition coefficient (Wildman–Crippen LogP) is 0.544. The molecule has 0 saturated heterocycles. The van der Waals surface area contributed by atoms with Crippen LogP contribution >= 0.6 is 0 Å². The van der Waals surface area contributed by atoms with Crippen LogP contribution in [0.1, 0.15) is 0 Å². The largest absolute Gasteiger partial charge is 0.460 e. The fraction of sp³-hybridized carbons (Fsp3) is 0.700. The van der Waals surface area contributed by atoms with Crippen molar-refractivity contribution in [2.75, 3.05) is 92.5 Å². The lowest BCUT2D eigenvalue weighted by atomic mass is 10.6. The summed E-state index contributed by atoms with van der Waals surface area (Å²) < 4.78 is 41.4. The van der Waals surface area contributed by atoms with E-state index in [1.165, 1.54) is 0 Å². The predicted molar refractivity (Wildman–Crippen MR) is 107 cm³/mol. The molecule has 0 radical (unpaired) electrons. The fourth-order valence-electron chi connectivity index (χ4n) is 1.72. The average Bonchev–Trinajstić information content (AvgIpc) is 2.76. The van der Waals surface area contributed by atoms with E-state index in [-0.39, 0.29) is 13.2 Å². The fourth-order valence-corrected chi connectivity index (χ4v) is 1.72. The number of hydrogen-bond donors (Lipinski definition) is 0. The highest BCUT2D eigenvalue weighted by molar-refractivity contribution is 5.81. The van der Waals surface area contributed by atoms with E-state index in [1.54, 1.807) is 0 Å². The minimum absolute atomic E-state index is 0.196. The van der Waals surface area contributed by atoms with Gasteiger partial charge in [0.15, 0.2) is 0 Å². The highest BCUT2D eigenvalue weighted by Crippen LogP contribution is 1.86. The van der Waals surface area contributed by atoms with Crippen LogP contribution in [0.4, 0.5) is 0 Å². The summed E-state index contributed by atoms with van der Waals surface area (Å²) in [7, 11) is 0. The lowest BCUT2D eigenvalue weighted by Crippen LogP contribution is -2.15. The molecule has 0 fully saturated rings. The SMILES string of the molecule is C=CC(=O)OCCOCCOCCOCCOCCOCCOCCOC(=O)C=C. The number of ether oxygens (including phenoxy) is 8. The van der Waals surface area contributed by atoms with Gasteiger partial charge in [0, 0.05) is 12.2 Å². The Morgan fingerprint density at radius 2 is 0.633 bits per heavy atom. The molecule has 0 aromatic heterocycles. The van der Waals surface area contributed by atoms with Crippen molar-refractivity contribution in [3.05, 3.63) is 25.3 Å². The molecule has 0 unspecified atom stereocenters. The molecule has 0 rings (SSSR count). The Bertz CT molecular complexity index is 401. The van der Waals surface area contributed by atoms with E-state index in [1.807, 2.05) is 0 Å². The van der Waals surface area contributed by atoms with Gasteiger partial charge in [-0.15, -0.1) is 0 Å². The van der Waals surface area contributed by atoms with Gasteiger partial charge in [0.2, 0.25) is 0 Å². The monoisotopic (exact) mass is 434 g/mol. The summed E-state index contributed by atoms with van der Waals surface area (Å²) in [6.07, 6.45) is 2.21. The molecular weight excluding hydrogens is 400 g/mol. The average molecular weight is 434 g/mol. The Labute approximate surface area is 178 Å². The van der Waals surface area contributed by atoms with Crippen LogP contribution in [-0.4, -0.2) is 104 Å². The first kappa shape index (κ1) is 28.2. The van der Waals surface area contributed by atoms with Gasteiger partial charge < -0.3 is 37.9 Å². The van der Waals surface area contributed by atoms with Gasteiger partial charge in [-0.1, -0.05) is 13.2 Å². The maximum atomic E-state index is 10.8. The third kappa shape index (κ3) is 22.5. The Hall–Kier alpha value is -1.82. The quantitative estimate of drug-likeness (QED) is 0.128. The Morgan fingerprint density at radius 1 is 0.433 bits per heavy atom. The Morgan fingerprint density at radius 3 is 0.833 bits per heavy atom. The van der Waals surface area contributed by atoms with E-state index in [4.69, 9.17) is 37.9 Å². The van der Waals surface area contributed by atoms with Gasteiger partial charge in [-0.3, -0.25) is 0 Å². The second kappa shape index (κ2) is 23.5. The van der Waals surface area contributed by atoms with Gasteiger partial charge in [-0.05, 0) is 0 Å². The molecule has 30 heavy (non-hydrogen) atoms. The van der Waals surface area contributed by atoms with Crippen LogP contribution in [0, 0.1) is 0 Å². The summed E-state index contributed by atoms with van der Waals surface area (Å²) in [5, 5.41) is 0. The number of esters is 2. The number of carbonyl (C=O) groups excluding carboxylic acids is 2. The van der Waals surface area contributed by atoms with E-state index in [0.29, 0.717) is 79.3 Å². The molecule has 174 valence electrons. The molecule has 0 aromatic rings. The normalized spacial score (nSPS) is 10.5. The number of hydrogen-bond acceptors (Lipinski definition) is 10. The maximum Gasteiger partial charge on any atom is 0.330 e. The summed E-state index contributed by atoms with van der Waals surface area (Å²) in [6.45, 7) is 12.2. The Kier molecular flexibility index (Phi) is 22.0. The molecule has 10 nitrogen and oxygen atoms in total. The van der Waals surface area contributed by atoms with Crippen molar-refractivity contribution in [3.8, 4) is 0 Å². The zero-order valence-corrected chi connectivity index (χ0v) is 17.6. The van der Waals surface area contributed by atoms with Crippen LogP contribution in [0.2, 0.25) is 0 Å². The van der Waals surface area contributed by atoms with Gasteiger partial charge in [-0.25, -0.2) is 9.59 Å². The van der Waals surface area contributed by atoms with Crippen LogP contribution in [0.3, 0.4) is 0 Å². The highest BCUT2D eigenvalue weighted by Gasteiger charge is 1.97.